The zero-order chi connectivity index (χ0) is 56.2. The normalized spacial score (nSPS) is 13.2. The van der Waals surface area contributed by atoms with E-state index in [1.807, 2.05) is 0 Å². The predicted octanol–water partition coefficient (Wildman–Crippen LogP) is 22.5. The van der Waals surface area contributed by atoms with Gasteiger partial charge in [0.15, 0.2) is 6.10 Å². The molecule has 0 heterocycles. The lowest BCUT2D eigenvalue weighted by Crippen LogP contribution is -2.28. The van der Waals surface area contributed by atoms with E-state index in [1.54, 1.807) is 0 Å². The summed E-state index contributed by atoms with van der Waals surface area (Å²) >= 11 is 0. The van der Waals surface area contributed by atoms with Crippen LogP contribution in [0.3, 0.4) is 0 Å². The molecule has 0 aromatic rings. The number of unbranched alkanes of at least 4 members (excludes halogenated alkanes) is 26. The fraction of sp³-hybridized carbons (Fsp3) is 0.644. The van der Waals surface area contributed by atoms with E-state index in [0.29, 0.717) is 12.8 Å². The highest BCUT2D eigenvalue weighted by atomic mass is 16.6. The molecule has 5 nitrogen and oxygen atoms in total. The van der Waals surface area contributed by atoms with Gasteiger partial charge in [-0.15, -0.1) is 0 Å². The van der Waals surface area contributed by atoms with Crippen LogP contribution in [0, 0.1) is 0 Å². The summed E-state index contributed by atoms with van der Waals surface area (Å²) in [6.07, 6.45) is 101. The van der Waals surface area contributed by atoms with Crippen LogP contribution < -0.4 is 0 Å². The van der Waals surface area contributed by atoms with Gasteiger partial charge in [-0.3, -0.25) is 9.59 Å². The molecule has 1 unspecified atom stereocenters. The fourth-order valence-corrected chi connectivity index (χ4v) is 8.86. The van der Waals surface area contributed by atoms with Gasteiger partial charge in [0.1, 0.15) is 6.61 Å². The SMILES string of the molecule is CC/C=C\C/C=C\C/C=C\C/C=C\C/C=C\C/C=C\C/C=C\CCCCCCCCCCCCCC(=O)OC(CO)COC(=O)CCCCCCCCCCCCCCCCC/C=C\C/C=C\C/C=C\C/C=C\C/C=C\CC. The molecule has 1 N–H and O–H groups in total. The van der Waals surface area contributed by atoms with E-state index in [1.165, 1.54) is 141 Å². The van der Waals surface area contributed by atoms with Gasteiger partial charge in [0, 0.05) is 12.8 Å². The van der Waals surface area contributed by atoms with Crippen LogP contribution in [0.15, 0.2) is 146 Å². The summed E-state index contributed by atoms with van der Waals surface area (Å²) in [4.78, 5) is 24.6. The van der Waals surface area contributed by atoms with Gasteiger partial charge in [-0.25, -0.2) is 0 Å². The molecule has 1 atom stereocenters. The van der Waals surface area contributed by atoms with Crippen LogP contribution >= 0.6 is 0 Å². The molecule has 0 aromatic carbocycles. The second kappa shape index (κ2) is 67.1. The van der Waals surface area contributed by atoms with Crippen molar-refractivity contribution in [1.82, 2.24) is 0 Å². The maximum Gasteiger partial charge on any atom is 0.306 e. The number of esters is 2. The first-order valence-electron chi connectivity index (χ1n) is 32.4. The van der Waals surface area contributed by atoms with Crippen molar-refractivity contribution < 1.29 is 24.2 Å². The Morgan fingerprint density at radius 3 is 0.769 bits per heavy atom. The molecule has 0 aliphatic carbocycles. The first-order chi connectivity index (χ1) is 38.6. The molecule has 0 radical (unpaired) electrons. The van der Waals surface area contributed by atoms with Crippen molar-refractivity contribution in [3.8, 4) is 0 Å². The molecular formula is C73H120O5. The molecule has 0 fully saturated rings. The average Bonchev–Trinajstić information content (AvgIpc) is 3.44. The average molecular weight is 1080 g/mol. The minimum Gasteiger partial charge on any atom is -0.462 e. The fourth-order valence-electron chi connectivity index (χ4n) is 8.86. The molecule has 0 saturated heterocycles. The van der Waals surface area contributed by atoms with Crippen LogP contribution in [0.25, 0.3) is 0 Å². The molecule has 0 spiro atoms. The highest BCUT2D eigenvalue weighted by Gasteiger charge is 2.16. The van der Waals surface area contributed by atoms with Gasteiger partial charge in [-0.1, -0.05) is 301 Å². The Morgan fingerprint density at radius 2 is 0.513 bits per heavy atom. The molecule has 442 valence electrons. The first kappa shape index (κ1) is 73.8. The Morgan fingerprint density at radius 1 is 0.295 bits per heavy atom. The predicted molar refractivity (Wildman–Crippen MR) is 343 cm³/mol. The van der Waals surface area contributed by atoms with Crippen molar-refractivity contribution in [2.75, 3.05) is 13.2 Å². The molecule has 0 amide bonds. The van der Waals surface area contributed by atoms with Crippen molar-refractivity contribution >= 4 is 11.9 Å². The van der Waals surface area contributed by atoms with Crippen LogP contribution in [0.1, 0.15) is 284 Å². The van der Waals surface area contributed by atoms with Crippen LogP contribution in [0.5, 0.6) is 0 Å². The summed E-state index contributed by atoms with van der Waals surface area (Å²) < 4.78 is 10.7. The van der Waals surface area contributed by atoms with Crippen LogP contribution in [0.2, 0.25) is 0 Å². The third-order valence-electron chi connectivity index (χ3n) is 13.6. The molecule has 78 heavy (non-hydrogen) atoms. The van der Waals surface area contributed by atoms with Crippen molar-refractivity contribution in [1.29, 1.82) is 0 Å². The van der Waals surface area contributed by atoms with Gasteiger partial charge in [-0.2, -0.15) is 0 Å². The third kappa shape index (κ3) is 64.3. The van der Waals surface area contributed by atoms with E-state index < -0.39 is 6.10 Å². The Labute approximate surface area is 482 Å². The third-order valence-corrected chi connectivity index (χ3v) is 13.6. The second-order valence-corrected chi connectivity index (χ2v) is 21.1. The minimum atomic E-state index is -0.784. The zero-order valence-electron chi connectivity index (χ0n) is 50.6. The Bertz CT molecular complexity index is 1650. The largest absolute Gasteiger partial charge is 0.462 e. The monoisotopic (exact) mass is 1080 g/mol. The highest BCUT2D eigenvalue weighted by Crippen LogP contribution is 2.16. The van der Waals surface area contributed by atoms with Crippen LogP contribution in [0.4, 0.5) is 0 Å². The summed E-state index contributed by atoms with van der Waals surface area (Å²) in [5.74, 6) is -0.595. The van der Waals surface area contributed by atoms with Gasteiger partial charge in [0.25, 0.3) is 0 Å². The number of aliphatic hydroxyl groups excluding tert-OH is 1. The Hall–Kier alpha value is -4.22. The number of hydrogen-bond donors (Lipinski definition) is 1. The van der Waals surface area contributed by atoms with Crippen molar-refractivity contribution in [2.45, 2.75) is 290 Å². The molecule has 0 aliphatic heterocycles. The maximum absolute atomic E-state index is 12.4. The van der Waals surface area contributed by atoms with Crippen molar-refractivity contribution in [2.24, 2.45) is 0 Å². The Balaban J connectivity index is 3.52. The zero-order valence-corrected chi connectivity index (χ0v) is 50.6. The van der Waals surface area contributed by atoms with E-state index in [0.717, 1.165) is 116 Å². The molecule has 0 rings (SSSR count). The van der Waals surface area contributed by atoms with Gasteiger partial charge < -0.3 is 14.6 Å². The quantitative estimate of drug-likeness (QED) is 0.0373. The van der Waals surface area contributed by atoms with E-state index in [4.69, 9.17) is 9.47 Å². The molecular weight excluding hydrogens is 957 g/mol. The van der Waals surface area contributed by atoms with Crippen molar-refractivity contribution in [3.05, 3.63) is 146 Å². The number of carbonyl (C=O) groups is 2. The number of allylic oxidation sites excluding steroid dienone is 24. The van der Waals surface area contributed by atoms with Gasteiger partial charge in [-0.05, 0) is 116 Å². The van der Waals surface area contributed by atoms with Gasteiger partial charge in [0.05, 0.1) is 6.61 Å². The van der Waals surface area contributed by atoms with E-state index in [2.05, 4.69) is 160 Å². The molecule has 5 heteroatoms. The number of rotatable bonds is 58. The van der Waals surface area contributed by atoms with Gasteiger partial charge >= 0.3 is 11.9 Å². The minimum absolute atomic E-state index is 0.0731. The van der Waals surface area contributed by atoms with Crippen LogP contribution in [-0.4, -0.2) is 36.4 Å². The summed E-state index contributed by atoms with van der Waals surface area (Å²) in [7, 11) is 0. The smallest absolute Gasteiger partial charge is 0.306 e. The van der Waals surface area contributed by atoms with Crippen LogP contribution in [-0.2, 0) is 19.1 Å². The number of carbonyl (C=O) groups excluding carboxylic acids is 2. The molecule has 0 aliphatic rings. The van der Waals surface area contributed by atoms with E-state index >= 15 is 0 Å². The standard InChI is InChI=1S/C73H120O5/c1-3-5-7-9-11-13-15-17-19-21-23-25-27-29-31-33-35-36-38-40-42-44-46-48-50-52-54-56-58-60-62-64-66-68-73(76)78-71(69-74)70-77-72(75)67-65-63-61-59-57-55-53-51-49-47-45-43-41-39-37-34-32-30-28-26-24-22-20-18-16-14-12-10-8-6-4-2/h5-8,11-14,17-20,23-26,29-32,35-36,40,42,71,74H,3-4,9-10,15-16,21-22,27-28,33-34,37-39,41,43-70H2,1-2H3/b7-5-,8-6-,13-11-,14-12-,19-17-,20-18-,25-23-,26-24-,31-29-,32-30-,36-35-,42-40-. The maximum atomic E-state index is 12.4. The summed E-state index contributed by atoms with van der Waals surface area (Å²) in [6.45, 7) is 3.92. The molecule has 0 saturated carbocycles. The lowest BCUT2D eigenvalue weighted by atomic mass is 10.0. The number of aliphatic hydroxyl groups is 1. The lowest BCUT2D eigenvalue weighted by Gasteiger charge is -2.15. The van der Waals surface area contributed by atoms with E-state index in [9.17, 15) is 14.7 Å². The summed E-state index contributed by atoms with van der Waals surface area (Å²) in [6, 6.07) is 0. The summed E-state index contributed by atoms with van der Waals surface area (Å²) in [5.41, 5.74) is 0. The topological polar surface area (TPSA) is 72.8 Å². The van der Waals surface area contributed by atoms with Crippen molar-refractivity contribution in [3.63, 3.8) is 0 Å². The lowest BCUT2D eigenvalue weighted by molar-refractivity contribution is -0.161. The number of ether oxygens (including phenoxy) is 2. The molecule has 0 aromatic heterocycles. The first-order valence-corrected chi connectivity index (χ1v) is 32.4. The number of hydrogen-bond acceptors (Lipinski definition) is 5. The summed E-state index contributed by atoms with van der Waals surface area (Å²) in [5, 5.41) is 9.69. The van der Waals surface area contributed by atoms with Gasteiger partial charge in [0.2, 0.25) is 0 Å². The van der Waals surface area contributed by atoms with E-state index in [-0.39, 0.29) is 25.2 Å². The molecule has 0 bridgehead atoms. The highest BCUT2D eigenvalue weighted by molar-refractivity contribution is 5.70. The Kier molecular flexibility index (Phi) is 63.4. The second-order valence-electron chi connectivity index (χ2n) is 21.1.